The fourth-order valence-corrected chi connectivity index (χ4v) is 9.31. The van der Waals surface area contributed by atoms with Crippen LogP contribution in [0.4, 0.5) is 0 Å². The zero-order valence-electron chi connectivity index (χ0n) is 54.7. The number of carbonyl (C=O) groups excluding carboxylic acids is 2. The Bertz CT molecular complexity index is 2130. The zero-order chi connectivity index (χ0) is 63.0. The van der Waals surface area contributed by atoms with Gasteiger partial charge in [-0.15, -0.1) is 0 Å². The molecule has 10 heteroatoms. The maximum absolute atomic E-state index is 12.8. The summed E-state index contributed by atoms with van der Waals surface area (Å²) >= 11 is 0. The number of phosphoric acid groups is 1. The summed E-state index contributed by atoms with van der Waals surface area (Å²) < 4.78 is 33.1. The van der Waals surface area contributed by atoms with Gasteiger partial charge in [-0.2, -0.15) is 0 Å². The molecule has 0 aromatic carbocycles. The number of hydrogen-bond acceptors (Lipinski definition) is 8. The Labute approximate surface area is 532 Å². The van der Waals surface area contributed by atoms with Crippen LogP contribution >= 0.6 is 7.82 Å². The van der Waals surface area contributed by atoms with Crippen molar-refractivity contribution in [3.8, 4) is 0 Å². The van der Waals surface area contributed by atoms with Crippen LogP contribution in [0.5, 0.6) is 0 Å². The smallest absolute Gasteiger partial charge is 0.462 e. The van der Waals surface area contributed by atoms with Crippen LogP contribution in [0.15, 0.2) is 194 Å². The number of nitrogens with two attached hydrogens (primary N) is 1. The Kier molecular flexibility index (Phi) is 65.8. The number of phosphoric ester groups is 1. The maximum atomic E-state index is 12.8. The van der Waals surface area contributed by atoms with Gasteiger partial charge in [-0.25, -0.2) is 4.57 Å². The highest BCUT2D eigenvalue weighted by Crippen LogP contribution is 2.43. The van der Waals surface area contributed by atoms with Crippen LogP contribution in [-0.2, 0) is 32.7 Å². The first-order valence-corrected chi connectivity index (χ1v) is 35.4. The molecule has 0 saturated heterocycles. The van der Waals surface area contributed by atoms with E-state index in [1.165, 1.54) is 51.4 Å². The minimum Gasteiger partial charge on any atom is -0.462 e. The van der Waals surface area contributed by atoms with Crippen molar-refractivity contribution in [1.29, 1.82) is 0 Å². The molecule has 0 aromatic heterocycles. The molecule has 0 aliphatic rings. The average molecular weight is 1220 g/mol. The van der Waals surface area contributed by atoms with Gasteiger partial charge in [0.1, 0.15) is 6.61 Å². The summed E-state index contributed by atoms with van der Waals surface area (Å²) in [5, 5.41) is 0. The second-order valence-electron chi connectivity index (χ2n) is 21.6. The summed E-state index contributed by atoms with van der Waals surface area (Å²) in [7, 11) is -4.41. The van der Waals surface area contributed by atoms with E-state index in [0.29, 0.717) is 12.8 Å². The molecule has 0 saturated carbocycles. The molecule has 2 atom stereocenters. The van der Waals surface area contributed by atoms with E-state index in [2.05, 4.69) is 208 Å². The van der Waals surface area contributed by atoms with Gasteiger partial charge in [0.2, 0.25) is 0 Å². The molecule has 0 fully saturated rings. The predicted octanol–water partition coefficient (Wildman–Crippen LogP) is 22.5. The van der Waals surface area contributed by atoms with Crippen molar-refractivity contribution in [3.63, 3.8) is 0 Å². The largest absolute Gasteiger partial charge is 0.472 e. The van der Waals surface area contributed by atoms with E-state index >= 15 is 0 Å². The number of rotatable bonds is 61. The summed E-state index contributed by atoms with van der Waals surface area (Å²) in [6.45, 7) is 3.48. The van der Waals surface area contributed by atoms with Gasteiger partial charge >= 0.3 is 19.8 Å². The van der Waals surface area contributed by atoms with Crippen molar-refractivity contribution in [2.75, 3.05) is 26.4 Å². The molecule has 87 heavy (non-hydrogen) atoms. The minimum atomic E-state index is -4.41. The first-order valence-electron chi connectivity index (χ1n) is 33.9. The Hall–Kier alpha value is -5.15. The maximum Gasteiger partial charge on any atom is 0.472 e. The number of carbonyl (C=O) groups is 2. The lowest BCUT2D eigenvalue weighted by atomic mass is 10.1. The molecule has 488 valence electrons. The lowest BCUT2D eigenvalue weighted by Crippen LogP contribution is -2.29. The van der Waals surface area contributed by atoms with Gasteiger partial charge in [0.25, 0.3) is 0 Å². The zero-order valence-corrected chi connectivity index (χ0v) is 55.6. The Morgan fingerprint density at radius 1 is 0.345 bits per heavy atom. The molecule has 0 amide bonds. The summed E-state index contributed by atoms with van der Waals surface area (Å²) in [6, 6.07) is 0. The second kappa shape index (κ2) is 69.9. The third-order valence-corrected chi connectivity index (χ3v) is 14.5. The summed E-state index contributed by atoms with van der Waals surface area (Å²) in [5.74, 6) is -0.860. The van der Waals surface area contributed by atoms with Crippen LogP contribution in [0.3, 0.4) is 0 Å². The quantitative estimate of drug-likeness (QED) is 0.0264. The van der Waals surface area contributed by atoms with Gasteiger partial charge in [0.05, 0.1) is 13.2 Å². The van der Waals surface area contributed by atoms with E-state index in [0.717, 1.165) is 154 Å². The summed E-state index contributed by atoms with van der Waals surface area (Å²) in [5.41, 5.74) is 5.40. The van der Waals surface area contributed by atoms with Crippen LogP contribution in [0.1, 0.15) is 245 Å². The lowest BCUT2D eigenvalue weighted by molar-refractivity contribution is -0.161. The van der Waals surface area contributed by atoms with Gasteiger partial charge in [-0.1, -0.05) is 285 Å². The molecule has 9 nitrogen and oxygen atoms in total. The Morgan fingerprint density at radius 3 is 0.885 bits per heavy atom. The number of ether oxygens (including phenoxy) is 2. The van der Waals surface area contributed by atoms with Crippen LogP contribution in [0.2, 0.25) is 0 Å². The Balaban J connectivity index is 4.04. The number of unbranched alkanes of at least 4 members (excludes halogenated alkanes) is 16. The monoisotopic (exact) mass is 1220 g/mol. The highest BCUT2D eigenvalue weighted by Gasteiger charge is 2.26. The van der Waals surface area contributed by atoms with Gasteiger partial charge in [-0.05, 0) is 141 Å². The standard InChI is InChI=1S/C77H122NO8P/c1-3-5-7-9-11-13-15-17-19-21-23-25-27-29-31-33-35-37-39-41-43-45-47-49-51-53-55-57-59-61-63-65-67-69-76(79)83-73-75(74-85-87(81,82)84-72-71-78)86-77(80)70-68-66-64-62-60-58-56-54-52-50-48-46-44-42-40-38-36-34-32-30-28-26-24-22-20-18-16-14-12-10-8-6-4-2/h5-8,11-14,17-20,23-26,29-32,35-38,41-44,47-50,75H,3-4,9-10,15-16,21-22,27-28,33-34,39-40,45-46,51-74,78H2,1-2H3,(H,81,82)/b7-5-,8-6-,13-11-,14-12-,19-17-,20-18-,25-23-,26-24-,31-29-,32-30-,37-35-,38-36-,43-41-,44-42-,49-47-,50-48-. The van der Waals surface area contributed by atoms with Crippen molar-refractivity contribution in [2.45, 2.75) is 251 Å². The normalized spacial score (nSPS) is 14.2. The molecule has 0 spiro atoms. The molecular formula is C77H122NO8P. The average Bonchev–Trinajstić information content (AvgIpc) is 3.55. The topological polar surface area (TPSA) is 134 Å². The van der Waals surface area contributed by atoms with Crippen LogP contribution in [-0.4, -0.2) is 49.3 Å². The first kappa shape index (κ1) is 81.8. The molecule has 0 aliphatic carbocycles. The van der Waals surface area contributed by atoms with Crippen LogP contribution in [0.25, 0.3) is 0 Å². The number of esters is 2. The predicted molar refractivity (Wildman–Crippen MR) is 375 cm³/mol. The minimum absolute atomic E-state index is 0.0401. The molecule has 0 aliphatic heterocycles. The van der Waals surface area contributed by atoms with E-state index < -0.39 is 32.5 Å². The molecule has 0 rings (SSSR count). The van der Waals surface area contributed by atoms with E-state index in [1.54, 1.807) is 0 Å². The lowest BCUT2D eigenvalue weighted by Gasteiger charge is -2.19. The highest BCUT2D eigenvalue weighted by atomic mass is 31.2. The molecule has 0 heterocycles. The van der Waals surface area contributed by atoms with Gasteiger partial charge in [-0.3, -0.25) is 18.6 Å². The third kappa shape index (κ3) is 69.8. The van der Waals surface area contributed by atoms with E-state index in [-0.39, 0.29) is 32.6 Å². The molecular weight excluding hydrogens is 1100 g/mol. The van der Waals surface area contributed by atoms with Crippen LogP contribution < -0.4 is 5.73 Å². The van der Waals surface area contributed by atoms with Crippen molar-refractivity contribution in [2.24, 2.45) is 5.73 Å². The van der Waals surface area contributed by atoms with Gasteiger partial charge in [0.15, 0.2) is 6.10 Å². The van der Waals surface area contributed by atoms with Crippen molar-refractivity contribution < 1.29 is 37.6 Å². The molecule has 0 radical (unpaired) electrons. The van der Waals surface area contributed by atoms with Crippen LogP contribution in [0, 0.1) is 0 Å². The van der Waals surface area contributed by atoms with E-state index in [9.17, 15) is 19.0 Å². The van der Waals surface area contributed by atoms with Gasteiger partial charge < -0.3 is 20.1 Å². The number of hydrogen-bond donors (Lipinski definition) is 2. The second-order valence-corrected chi connectivity index (χ2v) is 23.0. The van der Waals surface area contributed by atoms with Crippen molar-refractivity contribution in [3.05, 3.63) is 194 Å². The third-order valence-electron chi connectivity index (χ3n) is 13.5. The van der Waals surface area contributed by atoms with Crippen molar-refractivity contribution >= 4 is 19.8 Å². The molecule has 3 N–H and O–H groups in total. The van der Waals surface area contributed by atoms with Crippen molar-refractivity contribution in [1.82, 2.24) is 0 Å². The number of allylic oxidation sites excluding steroid dienone is 32. The molecule has 2 unspecified atom stereocenters. The fraction of sp³-hybridized carbons (Fsp3) is 0.558. The van der Waals surface area contributed by atoms with E-state index in [4.69, 9.17) is 24.3 Å². The molecule has 0 aromatic rings. The first-order chi connectivity index (χ1) is 42.8. The van der Waals surface area contributed by atoms with Gasteiger partial charge in [0, 0.05) is 19.4 Å². The van der Waals surface area contributed by atoms with E-state index in [1.807, 2.05) is 0 Å². The highest BCUT2D eigenvalue weighted by molar-refractivity contribution is 7.47. The Morgan fingerprint density at radius 2 is 0.598 bits per heavy atom. The summed E-state index contributed by atoms with van der Waals surface area (Å²) in [4.78, 5) is 35.4. The molecule has 0 bridgehead atoms. The fourth-order valence-electron chi connectivity index (χ4n) is 8.55. The SMILES string of the molecule is CC/C=C\C/C=C\C/C=C\C/C=C\C/C=C\C/C=C\C/C=C\C/C=C\CCCCCCCCCCC(=O)OCC(COP(=O)(O)OCCN)OC(=O)CCCCCCCCCC/C=C\C/C=C\C/C=C\C/C=C\C/C=C\C/C=C\C/C=C\C/C=C\CC. The summed E-state index contributed by atoms with van der Waals surface area (Å²) in [6.07, 6.45) is 106.